The van der Waals surface area contributed by atoms with Crippen molar-refractivity contribution in [2.75, 3.05) is 6.61 Å². The summed E-state index contributed by atoms with van der Waals surface area (Å²) in [6.07, 6.45) is -5.37. The number of carbonyl (C=O) groups excluding carboxylic acids is 3. The standard InChI is InChI=1S/C17H30O8/c1-4-7-12(20)17(13(21)8-5-2,25-14(22)9-6-3)16(24)15(23)11(19)10-18/h11,15-16,18-19,23-24H,4-10H2,1-3H3/t11-,15+,16-/m1/s1. The predicted molar refractivity (Wildman–Crippen MR) is 88.7 cm³/mol. The van der Waals surface area contributed by atoms with Crippen LogP contribution in [-0.2, 0) is 19.1 Å². The molecule has 0 saturated carbocycles. The first-order valence-corrected chi connectivity index (χ1v) is 8.66. The van der Waals surface area contributed by atoms with Gasteiger partial charge in [0.05, 0.1) is 6.61 Å². The summed E-state index contributed by atoms with van der Waals surface area (Å²) < 4.78 is 5.14. The zero-order valence-electron chi connectivity index (χ0n) is 15.1. The molecule has 0 unspecified atom stereocenters. The Balaban J connectivity index is 6.09. The highest BCUT2D eigenvalue weighted by molar-refractivity contribution is 6.12. The number of ketones is 2. The minimum absolute atomic E-state index is 0.0775. The average Bonchev–Trinajstić information content (AvgIpc) is 2.58. The van der Waals surface area contributed by atoms with Gasteiger partial charge in [-0.25, -0.2) is 0 Å². The predicted octanol–water partition coefficient (Wildman–Crippen LogP) is -0.118. The maximum atomic E-state index is 12.7. The summed E-state index contributed by atoms with van der Waals surface area (Å²) in [5, 5.41) is 39.1. The van der Waals surface area contributed by atoms with E-state index in [0.29, 0.717) is 19.3 Å². The molecular formula is C17H30O8. The first-order chi connectivity index (χ1) is 11.7. The smallest absolute Gasteiger partial charge is 0.307 e. The summed E-state index contributed by atoms with van der Waals surface area (Å²) in [6, 6.07) is 0. The summed E-state index contributed by atoms with van der Waals surface area (Å²) in [5.41, 5.74) is -2.59. The number of hydrogen-bond acceptors (Lipinski definition) is 8. The molecule has 0 saturated heterocycles. The molecule has 0 aliphatic carbocycles. The Labute approximate surface area is 147 Å². The van der Waals surface area contributed by atoms with E-state index in [0.717, 1.165) is 0 Å². The van der Waals surface area contributed by atoms with Crippen LogP contribution < -0.4 is 0 Å². The molecule has 0 heterocycles. The lowest BCUT2D eigenvalue weighted by Gasteiger charge is -2.37. The van der Waals surface area contributed by atoms with Gasteiger partial charge < -0.3 is 25.2 Å². The minimum Gasteiger partial charge on any atom is -0.440 e. The molecular weight excluding hydrogens is 332 g/mol. The Morgan fingerprint density at radius 3 is 1.68 bits per heavy atom. The molecule has 0 aromatic rings. The van der Waals surface area contributed by atoms with Crippen LogP contribution in [0.3, 0.4) is 0 Å². The Morgan fingerprint density at radius 1 is 0.880 bits per heavy atom. The zero-order chi connectivity index (χ0) is 19.6. The van der Waals surface area contributed by atoms with Crippen LogP contribution in [0, 0.1) is 0 Å². The molecule has 0 radical (unpaired) electrons. The largest absolute Gasteiger partial charge is 0.440 e. The number of ether oxygens (including phenoxy) is 1. The summed E-state index contributed by atoms with van der Waals surface area (Å²) in [7, 11) is 0. The van der Waals surface area contributed by atoms with Crippen molar-refractivity contribution < 1.29 is 39.5 Å². The van der Waals surface area contributed by atoms with Crippen molar-refractivity contribution in [1.82, 2.24) is 0 Å². The van der Waals surface area contributed by atoms with Crippen LogP contribution in [0.2, 0.25) is 0 Å². The van der Waals surface area contributed by atoms with Crippen LogP contribution in [-0.4, -0.2) is 68.5 Å². The van der Waals surface area contributed by atoms with Gasteiger partial charge >= 0.3 is 5.97 Å². The Bertz CT molecular complexity index is 430. The van der Waals surface area contributed by atoms with E-state index < -0.39 is 48.1 Å². The molecule has 146 valence electrons. The van der Waals surface area contributed by atoms with Crippen LogP contribution in [0.15, 0.2) is 0 Å². The quantitative estimate of drug-likeness (QED) is 0.262. The maximum Gasteiger partial charge on any atom is 0.307 e. The Hall–Kier alpha value is -1.35. The Kier molecular flexibility index (Phi) is 10.7. The summed E-state index contributed by atoms with van der Waals surface area (Å²) in [6.45, 7) is 4.14. The van der Waals surface area contributed by atoms with Gasteiger partial charge in [0, 0.05) is 19.3 Å². The third-order valence-electron chi connectivity index (χ3n) is 3.83. The van der Waals surface area contributed by atoms with Crippen molar-refractivity contribution in [3.05, 3.63) is 0 Å². The van der Waals surface area contributed by atoms with Crippen molar-refractivity contribution in [3.8, 4) is 0 Å². The molecule has 8 nitrogen and oxygen atoms in total. The molecule has 8 heteroatoms. The molecule has 0 aromatic heterocycles. The number of Topliss-reactive ketones (excluding diaryl/α,β-unsaturated/α-hetero) is 2. The van der Waals surface area contributed by atoms with Gasteiger partial charge in [0.25, 0.3) is 5.60 Å². The molecule has 0 aliphatic rings. The fourth-order valence-corrected chi connectivity index (χ4v) is 2.48. The average molecular weight is 362 g/mol. The number of carbonyl (C=O) groups is 3. The highest BCUT2D eigenvalue weighted by Crippen LogP contribution is 2.28. The van der Waals surface area contributed by atoms with Crippen molar-refractivity contribution >= 4 is 17.5 Å². The lowest BCUT2D eigenvalue weighted by molar-refractivity contribution is -0.199. The molecule has 0 aromatic carbocycles. The lowest BCUT2D eigenvalue weighted by atomic mass is 9.79. The van der Waals surface area contributed by atoms with E-state index in [2.05, 4.69) is 0 Å². The van der Waals surface area contributed by atoms with Crippen molar-refractivity contribution in [2.24, 2.45) is 0 Å². The van der Waals surface area contributed by atoms with Crippen LogP contribution >= 0.6 is 0 Å². The first-order valence-electron chi connectivity index (χ1n) is 8.66. The summed E-state index contributed by atoms with van der Waals surface area (Å²) >= 11 is 0. The fourth-order valence-electron chi connectivity index (χ4n) is 2.48. The minimum atomic E-state index is -2.59. The lowest BCUT2D eigenvalue weighted by Crippen LogP contribution is -2.64. The van der Waals surface area contributed by atoms with Crippen molar-refractivity contribution in [3.63, 3.8) is 0 Å². The van der Waals surface area contributed by atoms with Crippen LogP contribution in [0.5, 0.6) is 0 Å². The molecule has 0 fully saturated rings. The molecule has 0 spiro atoms. The van der Waals surface area contributed by atoms with Gasteiger partial charge in [-0.05, 0) is 19.3 Å². The molecule has 25 heavy (non-hydrogen) atoms. The molecule has 3 atom stereocenters. The van der Waals surface area contributed by atoms with Crippen molar-refractivity contribution in [1.29, 1.82) is 0 Å². The molecule has 0 aliphatic heterocycles. The van der Waals surface area contributed by atoms with Gasteiger partial charge in [0.2, 0.25) is 0 Å². The van der Waals surface area contributed by atoms with Gasteiger partial charge in [-0.3, -0.25) is 14.4 Å². The molecule has 4 N–H and O–H groups in total. The van der Waals surface area contributed by atoms with E-state index in [9.17, 15) is 29.7 Å². The second-order valence-corrected chi connectivity index (χ2v) is 5.99. The van der Waals surface area contributed by atoms with Gasteiger partial charge in [-0.1, -0.05) is 20.8 Å². The second kappa shape index (κ2) is 11.3. The number of aliphatic hydroxyl groups excluding tert-OH is 4. The second-order valence-electron chi connectivity index (χ2n) is 5.99. The topological polar surface area (TPSA) is 141 Å². The SMILES string of the molecule is CCCC(=O)OC(C(=O)CCC)(C(=O)CCC)[C@H](O)[C@@H](O)[C@H](O)CO. The number of aliphatic hydroxyl groups is 4. The van der Waals surface area contributed by atoms with Crippen LogP contribution in [0.25, 0.3) is 0 Å². The normalized spacial score (nSPS) is 15.3. The van der Waals surface area contributed by atoms with Crippen LogP contribution in [0.4, 0.5) is 0 Å². The molecule has 0 amide bonds. The van der Waals surface area contributed by atoms with Gasteiger partial charge in [0.15, 0.2) is 11.6 Å². The Morgan fingerprint density at radius 2 is 1.32 bits per heavy atom. The van der Waals surface area contributed by atoms with E-state index in [1.54, 1.807) is 20.8 Å². The first kappa shape index (κ1) is 23.6. The zero-order valence-corrected chi connectivity index (χ0v) is 15.1. The summed E-state index contributed by atoms with van der Waals surface area (Å²) in [5.74, 6) is -2.54. The third-order valence-corrected chi connectivity index (χ3v) is 3.83. The summed E-state index contributed by atoms with van der Waals surface area (Å²) in [4.78, 5) is 37.3. The van der Waals surface area contributed by atoms with Gasteiger partial charge in [-0.15, -0.1) is 0 Å². The van der Waals surface area contributed by atoms with Gasteiger partial charge in [0.1, 0.15) is 18.3 Å². The number of rotatable bonds is 13. The highest BCUT2D eigenvalue weighted by atomic mass is 16.6. The van der Waals surface area contributed by atoms with Crippen molar-refractivity contribution in [2.45, 2.75) is 83.2 Å². The van der Waals surface area contributed by atoms with E-state index in [-0.39, 0.29) is 19.3 Å². The monoisotopic (exact) mass is 362 g/mol. The van der Waals surface area contributed by atoms with Crippen LogP contribution in [0.1, 0.15) is 59.3 Å². The van der Waals surface area contributed by atoms with E-state index >= 15 is 0 Å². The van der Waals surface area contributed by atoms with E-state index in [1.165, 1.54) is 0 Å². The van der Waals surface area contributed by atoms with E-state index in [1.807, 2.05) is 0 Å². The highest BCUT2D eigenvalue weighted by Gasteiger charge is 2.56. The number of hydrogen-bond donors (Lipinski definition) is 4. The molecule has 0 bridgehead atoms. The fraction of sp³-hybridized carbons (Fsp3) is 0.824. The molecule has 0 rings (SSSR count). The maximum absolute atomic E-state index is 12.7. The van der Waals surface area contributed by atoms with Gasteiger partial charge in [-0.2, -0.15) is 0 Å². The third kappa shape index (κ3) is 5.85. The number of esters is 1. The van der Waals surface area contributed by atoms with E-state index in [4.69, 9.17) is 9.84 Å².